The molecular formula is C10H10F3N3O3. The van der Waals surface area contributed by atoms with Crippen LogP contribution in [0, 0.1) is 0 Å². The Morgan fingerprint density at radius 1 is 1.32 bits per heavy atom. The molecule has 1 rings (SSSR count). The third kappa shape index (κ3) is 5.82. The highest BCUT2D eigenvalue weighted by Crippen LogP contribution is 2.12. The summed E-state index contributed by atoms with van der Waals surface area (Å²) < 4.78 is 35.4. The summed E-state index contributed by atoms with van der Waals surface area (Å²) in [5.74, 6) is -1.90. The number of rotatable bonds is 5. The zero-order chi connectivity index (χ0) is 14.5. The molecule has 0 saturated carbocycles. The van der Waals surface area contributed by atoms with Gasteiger partial charge in [-0.2, -0.15) is 13.2 Å². The van der Waals surface area contributed by atoms with E-state index >= 15 is 0 Å². The number of alkyl halides is 3. The number of anilines is 1. The van der Waals surface area contributed by atoms with Crippen LogP contribution in [-0.2, 0) is 4.79 Å². The van der Waals surface area contributed by atoms with E-state index < -0.39 is 31.1 Å². The topological polar surface area (TPSA) is 91.3 Å². The molecule has 1 aromatic rings. The van der Waals surface area contributed by atoms with Crippen molar-refractivity contribution < 1.29 is 27.9 Å². The molecule has 0 bridgehead atoms. The molecule has 0 aliphatic heterocycles. The second-order valence-electron chi connectivity index (χ2n) is 3.50. The number of hydrogen-bond donors (Lipinski definition) is 3. The average Bonchev–Trinajstić information content (AvgIpc) is 2.27. The van der Waals surface area contributed by atoms with Crippen LogP contribution >= 0.6 is 0 Å². The average molecular weight is 277 g/mol. The quantitative estimate of drug-likeness (QED) is 0.742. The van der Waals surface area contributed by atoms with E-state index in [2.05, 4.69) is 10.3 Å². The van der Waals surface area contributed by atoms with E-state index in [0.29, 0.717) is 0 Å². The van der Waals surface area contributed by atoms with Gasteiger partial charge in [0.1, 0.15) is 5.69 Å². The number of pyridine rings is 1. The summed E-state index contributed by atoms with van der Waals surface area (Å²) in [4.78, 5) is 25.3. The molecule has 0 fully saturated rings. The summed E-state index contributed by atoms with van der Waals surface area (Å²) in [5, 5.41) is 12.8. The predicted molar refractivity (Wildman–Crippen MR) is 58.8 cm³/mol. The van der Waals surface area contributed by atoms with Crippen molar-refractivity contribution in [2.75, 3.05) is 18.4 Å². The Labute approximate surface area is 105 Å². The van der Waals surface area contributed by atoms with Gasteiger partial charge in [0.2, 0.25) is 5.91 Å². The number of carbonyl (C=O) groups excluding carboxylic acids is 1. The molecule has 9 heteroatoms. The predicted octanol–water partition coefficient (Wildman–Crippen LogP) is 0.870. The lowest BCUT2D eigenvalue weighted by atomic mass is 10.3. The van der Waals surface area contributed by atoms with Crippen LogP contribution in [0.15, 0.2) is 18.3 Å². The van der Waals surface area contributed by atoms with E-state index in [0.717, 1.165) is 6.20 Å². The molecule has 1 amide bonds. The highest BCUT2D eigenvalue weighted by Gasteiger charge is 2.26. The first-order chi connectivity index (χ1) is 8.78. The fraction of sp³-hybridized carbons (Fsp3) is 0.300. The van der Waals surface area contributed by atoms with Crippen LogP contribution in [0.2, 0.25) is 0 Å². The van der Waals surface area contributed by atoms with Gasteiger partial charge in [-0.15, -0.1) is 0 Å². The van der Waals surface area contributed by atoms with Crippen LogP contribution in [-0.4, -0.2) is 41.2 Å². The third-order valence-electron chi connectivity index (χ3n) is 1.88. The van der Waals surface area contributed by atoms with Crippen molar-refractivity contribution in [2.45, 2.75) is 6.18 Å². The van der Waals surface area contributed by atoms with Gasteiger partial charge < -0.3 is 15.7 Å². The monoisotopic (exact) mass is 277 g/mol. The first-order valence-corrected chi connectivity index (χ1v) is 5.04. The van der Waals surface area contributed by atoms with Crippen molar-refractivity contribution in [1.82, 2.24) is 10.3 Å². The van der Waals surface area contributed by atoms with Gasteiger partial charge >= 0.3 is 12.1 Å². The van der Waals surface area contributed by atoms with Crippen molar-refractivity contribution in [1.29, 1.82) is 0 Å². The van der Waals surface area contributed by atoms with Gasteiger partial charge in [0.05, 0.1) is 25.0 Å². The third-order valence-corrected chi connectivity index (χ3v) is 1.88. The number of nitrogens with zero attached hydrogens (tertiary/aromatic N) is 1. The van der Waals surface area contributed by atoms with Gasteiger partial charge in [0.25, 0.3) is 0 Å². The molecule has 3 N–H and O–H groups in total. The fourth-order valence-electron chi connectivity index (χ4n) is 1.12. The molecular weight excluding hydrogens is 267 g/mol. The zero-order valence-electron chi connectivity index (χ0n) is 9.49. The van der Waals surface area contributed by atoms with Crippen LogP contribution in [0.3, 0.4) is 0 Å². The number of hydrogen-bond acceptors (Lipinski definition) is 4. The maximum absolute atomic E-state index is 11.8. The number of carboxylic acid groups (broad SMARTS) is 1. The Morgan fingerprint density at radius 3 is 2.47 bits per heavy atom. The number of aromatic nitrogens is 1. The number of carbonyl (C=O) groups is 2. The molecule has 0 aliphatic carbocycles. The lowest BCUT2D eigenvalue weighted by molar-refractivity contribution is -0.126. The van der Waals surface area contributed by atoms with E-state index in [9.17, 15) is 22.8 Å². The van der Waals surface area contributed by atoms with E-state index in [1.807, 2.05) is 5.32 Å². The maximum Gasteiger partial charge on any atom is 0.401 e. The van der Waals surface area contributed by atoms with Gasteiger partial charge in [-0.3, -0.25) is 4.79 Å². The lowest BCUT2D eigenvalue weighted by Crippen LogP contribution is -2.35. The molecule has 0 spiro atoms. The summed E-state index contributed by atoms with van der Waals surface area (Å²) in [6.07, 6.45) is -3.28. The van der Waals surface area contributed by atoms with E-state index in [-0.39, 0.29) is 11.4 Å². The highest BCUT2D eigenvalue weighted by molar-refractivity contribution is 5.92. The SMILES string of the molecule is O=C(CNCC(F)(F)F)Nc1ccc(C(=O)O)nc1. The molecule has 0 unspecified atom stereocenters. The molecule has 19 heavy (non-hydrogen) atoms. The van der Waals surface area contributed by atoms with E-state index in [4.69, 9.17) is 5.11 Å². The minimum Gasteiger partial charge on any atom is -0.477 e. The molecule has 0 aromatic carbocycles. The van der Waals surface area contributed by atoms with Gasteiger partial charge in [-0.05, 0) is 12.1 Å². The number of carboxylic acids is 1. The van der Waals surface area contributed by atoms with Crippen molar-refractivity contribution in [2.24, 2.45) is 0 Å². The molecule has 1 aromatic heterocycles. The minimum absolute atomic E-state index is 0.198. The van der Waals surface area contributed by atoms with E-state index in [1.54, 1.807) is 0 Å². The number of amides is 1. The van der Waals surface area contributed by atoms with Crippen molar-refractivity contribution in [3.63, 3.8) is 0 Å². The summed E-state index contributed by atoms with van der Waals surface area (Å²) in [6.45, 7) is -1.78. The zero-order valence-corrected chi connectivity index (χ0v) is 9.49. The maximum atomic E-state index is 11.8. The Morgan fingerprint density at radius 2 is 2.00 bits per heavy atom. The first kappa shape index (κ1) is 14.9. The van der Waals surface area contributed by atoms with Gasteiger partial charge in [-0.1, -0.05) is 0 Å². The summed E-state index contributed by atoms with van der Waals surface area (Å²) in [7, 11) is 0. The normalized spacial score (nSPS) is 11.1. The summed E-state index contributed by atoms with van der Waals surface area (Å²) in [6, 6.07) is 2.46. The van der Waals surface area contributed by atoms with Crippen LogP contribution in [0.5, 0.6) is 0 Å². The number of halogens is 3. The number of nitrogens with one attached hydrogen (secondary N) is 2. The Hall–Kier alpha value is -2.16. The van der Waals surface area contributed by atoms with Gasteiger partial charge in [-0.25, -0.2) is 9.78 Å². The second-order valence-corrected chi connectivity index (χ2v) is 3.50. The van der Waals surface area contributed by atoms with Crippen LogP contribution in [0.4, 0.5) is 18.9 Å². The largest absolute Gasteiger partial charge is 0.477 e. The van der Waals surface area contributed by atoms with Gasteiger partial charge in [0, 0.05) is 0 Å². The highest BCUT2D eigenvalue weighted by atomic mass is 19.4. The van der Waals surface area contributed by atoms with Crippen molar-refractivity contribution in [3.8, 4) is 0 Å². The molecule has 0 aliphatic rings. The first-order valence-electron chi connectivity index (χ1n) is 5.04. The molecule has 1 heterocycles. The molecule has 104 valence electrons. The van der Waals surface area contributed by atoms with Crippen molar-refractivity contribution >= 4 is 17.6 Å². The Balaban J connectivity index is 2.42. The Bertz CT molecular complexity index is 459. The number of aromatic carboxylic acids is 1. The lowest BCUT2D eigenvalue weighted by Gasteiger charge is -2.08. The van der Waals surface area contributed by atoms with Crippen LogP contribution < -0.4 is 10.6 Å². The molecule has 0 saturated heterocycles. The molecule has 6 nitrogen and oxygen atoms in total. The van der Waals surface area contributed by atoms with Crippen LogP contribution in [0.25, 0.3) is 0 Å². The summed E-state index contributed by atoms with van der Waals surface area (Å²) in [5.41, 5.74) is -0.00277. The van der Waals surface area contributed by atoms with E-state index in [1.165, 1.54) is 12.1 Å². The van der Waals surface area contributed by atoms with Crippen molar-refractivity contribution in [3.05, 3.63) is 24.0 Å². The smallest absolute Gasteiger partial charge is 0.401 e. The van der Waals surface area contributed by atoms with Crippen LogP contribution in [0.1, 0.15) is 10.5 Å². The van der Waals surface area contributed by atoms with Gasteiger partial charge in [0.15, 0.2) is 0 Å². The minimum atomic E-state index is -4.38. The fourth-order valence-corrected chi connectivity index (χ4v) is 1.12. The molecule has 0 atom stereocenters. The standard InChI is InChI=1S/C10H10F3N3O3/c11-10(12,13)5-14-4-8(17)16-6-1-2-7(9(18)19)15-3-6/h1-3,14H,4-5H2,(H,16,17)(H,18,19). The summed E-state index contributed by atoms with van der Waals surface area (Å²) >= 11 is 0. The Kier molecular flexibility index (Phi) is 4.81. The second kappa shape index (κ2) is 6.14. The molecule has 0 radical (unpaired) electrons.